The van der Waals surface area contributed by atoms with Crippen LogP contribution in [0.15, 0.2) is 18.2 Å². The molecule has 0 aliphatic carbocycles. The Kier molecular flexibility index (Phi) is 2.91. The smallest absolute Gasteiger partial charge is 0.125 e. The van der Waals surface area contributed by atoms with Crippen molar-refractivity contribution in [3.05, 3.63) is 29.6 Å². The number of halogens is 1. The standard InChI is InChI=1S/C12H17FN2/c1-9-5-10(13)7-12(6-9)14-11-3-4-15(2)8-11/h5-7,11,14H,3-4,8H2,1-2H3. The molecule has 0 amide bonds. The number of hydrogen-bond acceptors (Lipinski definition) is 2. The predicted molar refractivity (Wildman–Crippen MR) is 60.7 cm³/mol. The van der Waals surface area contributed by atoms with Crippen LogP contribution in [0, 0.1) is 12.7 Å². The van der Waals surface area contributed by atoms with E-state index in [1.807, 2.05) is 13.0 Å². The lowest BCUT2D eigenvalue weighted by molar-refractivity contribution is 0.414. The van der Waals surface area contributed by atoms with E-state index >= 15 is 0 Å². The van der Waals surface area contributed by atoms with E-state index in [2.05, 4.69) is 17.3 Å². The molecule has 1 heterocycles. The second kappa shape index (κ2) is 4.19. The van der Waals surface area contributed by atoms with Crippen molar-refractivity contribution in [2.75, 3.05) is 25.5 Å². The van der Waals surface area contributed by atoms with Crippen molar-refractivity contribution in [3.63, 3.8) is 0 Å². The van der Waals surface area contributed by atoms with Crippen molar-refractivity contribution >= 4 is 5.69 Å². The molecule has 0 spiro atoms. The summed E-state index contributed by atoms with van der Waals surface area (Å²) in [6.45, 7) is 4.07. The summed E-state index contributed by atoms with van der Waals surface area (Å²) in [5.74, 6) is -0.163. The molecule has 1 aliphatic rings. The van der Waals surface area contributed by atoms with E-state index in [1.54, 1.807) is 12.1 Å². The summed E-state index contributed by atoms with van der Waals surface area (Å²) in [5, 5.41) is 3.37. The summed E-state index contributed by atoms with van der Waals surface area (Å²) >= 11 is 0. The quantitative estimate of drug-likeness (QED) is 0.802. The van der Waals surface area contributed by atoms with Gasteiger partial charge in [0.05, 0.1) is 0 Å². The van der Waals surface area contributed by atoms with E-state index in [9.17, 15) is 4.39 Å². The first kappa shape index (κ1) is 10.4. The highest BCUT2D eigenvalue weighted by molar-refractivity contribution is 5.47. The van der Waals surface area contributed by atoms with Crippen molar-refractivity contribution in [2.45, 2.75) is 19.4 Å². The van der Waals surface area contributed by atoms with Crippen LogP contribution >= 0.6 is 0 Å². The van der Waals surface area contributed by atoms with Gasteiger partial charge in [0.2, 0.25) is 0 Å². The summed E-state index contributed by atoms with van der Waals surface area (Å²) in [6.07, 6.45) is 1.13. The highest BCUT2D eigenvalue weighted by atomic mass is 19.1. The van der Waals surface area contributed by atoms with Gasteiger partial charge in [0, 0.05) is 18.3 Å². The number of hydrogen-bond donors (Lipinski definition) is 1. The number of likely N-dealkylation sites (tertiary alicyclic amines) is 1. The second-order valence-corrected chi connectivity index (χ2v) is 4.41. The molecular formula is C12H17FN2. The maximum atomic E-state index is 13.1. The molecule has 3 heteroatoms. The summed E-state index contributed by atoms with van der Waals surface area (Å²) in [5.41, 5.74) is 1.86. The van der Waals surface area contributed by atoms with E-state index in [1.165, 1.54) is 0 Å². The van der Waals surface area contributed by atoms with Crippen LogP contribution in [0.4, 0.5) is 10.1 Å². The Morgan fingerprint density at radius 3 is 2.80 bits per heavy atom. The topological polar surface area (TPSA) is 15.3 Å². The number of nitrogens with one attached hydrogen (secondary N) is 1. The minimum Gasteiger partial charge on any atom is -0.381 e. The Labute approximate surface area is 90.1 Å². The maximum Gasteiger partial charge on any atom is 0.125 e. The molecule has 0 aromatic heterocycles. The van der Waals surface area contributed by atoms with Gasteiger partial charge in [-0.2, -0.15) is 0 Å². The Morgan fingerprint density at radius 2 is 2.20 bits per heavy atom. The molecule has 2 nitrogen and oxygen atoms in total. The molecule has 0 radical (unpaired) electrons. The lowest BCUT2D eigenvalue weighted by Crippen LogP contribution is -2.23. The first-order chi connectivity index (χ1) is 7.13. The number of anilines is 1. The minimum absolute atomic E-state index is 0.163. The van der Waals surface area contributed by atoms with Gasteiger partial charge in [0.25, 0.3) is 0 Å². The maximum absolute atomic E-state index is 13.1. The van der Waals surface area contributed by atoms with Crippen molar-refractivity contribution in [2.24, 2.45) is 0 Å². The summed E-state index contributed by atoms with van der Waals surface area (Å²) < 4.78 is 13.1. The van der Waals surface area contributed by atoms with Crippen LogP contribution in [0.2, 0.25) is 0 Å². The van der Waals surface area contributed by atoms with E-state index in [4.69, 9.17) is 0 Å². The van der Waals surface area contributed by atoms with E-state index in [0.29, 0.717) is 6.04 Å². The molecular weight excluding hydrogens is 191 g/mol. The molecule has 1 atom stereocenters. The third-order valence-electron chi connectivity index (χ3n) is 2.80. The van der Waals surface area contributed by atoms with E-state index in [0.717, 1.165) is 30.8 Å². The van der Waals surface area contributed by atoms with Crippen LogP contribution in [0.3, 0.4) is 0 Å². The first-order valence-corrected chi connectivity index (χ1v) is 5.36. The SMILES string of the molecule is Cc1cc(F)cc(NC2CCN(C)C2)c1. The molecule has 1 fully saturated rings. The molecule has 1 N–H and O–H groups in total. The lowest BCUT2D eigenvalue weighted by atomic mass is 10.2. The van der Waals surface area contributed by atoms with Crippen molar-refractivity contribution in [1.29, 1.82) is 0 Å². The van der Waals surface area contributed by atoms with Gasteiger partial charge < -0.3 is 10.2 Å². The lowest BCUT2D eigenvalue weighted by Gasteiger charge is -2.14. The van der Waals surface area contributed by atoms with Gasteiger partial charge in [0.15, 0.2) is 0 Å². The largest absolute Gasteiger partial charge is 0.381 e. The molecule has 1 saturated heterocycles. The van der Waals surface area contributed by atoms with E-state index in [-0.39, 0.29) is 5.82 Å². The monoisotopic (exact) mass is 208 g/mol. The van der Waals surface area contributed by atoms with Crippen LogP contribution in [0.1, 0.15) is 12.0 Å². The van der Waals surface area contributed by atoms with E-state index < -0.39 is 0 Å². The van der Waals surface area contributed by atoms with Gasteiger partial charge in [-0.3, -0.25) is 0 Å². The van der Waals surface area contributed by atoms with Crippen molar-refractivity contribution in [3.8, 4) is 0 Å². The number of aryl methyl sites for hydroxylation is 1. The molecule has 2 rings (SSSR count). The van der Waals surface area contributed by atoms with Crippen LogP contribution in [0.25, 0.3) is 0 Å². The molecule has 0 saturated carbocycles. The zero-order valence-electron chi connectivity index (χ0n) is 9.26. The van der Waals surface area contributed by atoms with Crippen molar-refractivity contribution in [1.82, 2.24) is 4.90 Å². The fourth-order valence-electron chi connectivity index (χ4n) is 2.11. The zero-order valence-corrected chi connectivity index (χ0v) is 9.26. The van der Waals surface area contributed by atoms with Crippen LogP contribution in [-0.4, -0.2) is 31.1 Å². The average Bonchev–Trinajstić information content (AvgIpc) is 2.49. The Morgan fingerprint density at radius 1 is 1.40 bits per heavy atom. The Bertz CT molecular complexity index is 331. The summed E-state index contributed by atoms with van der Waals surface area (Å²) in [6, 6.07) is 5.55. The highest BCUT2D eigenvalue weighted by Crippen LogP contribution is 2.17. The first-order valence-electron chi connectivity index (χ1n) is 5.36. The Hall–Kier alpha value is -1.09. The molecule has 82 valence electrons. The normalized spacial score (nSPS) is 21.9. The van der Waals surface area contributed by atoms with Crippen LogP contribution < -0.4 is 5.32 Å². The van der Waals surface area contributed by atoms with Gasteiger partial charge in [-0.15, -0.1) is 0 Å². The second-order valence-electron chi connectivity index (χ2n) is 4.41. The number of rotatable bonds is 2. The van der Waals surface area contributed by atoms with Gasteiger partial charge in [0.1, 0.15) is 5.82 Å². The van der Waals surface area contributed by atoms with Gasteiger partial charge >= 0.3 is 0 Å². The molecule has 1 aliphatic heterocycles. The third-order valence-corrected chi connectivity index (χ3v) is 2.80. The third kappa shape index (κ3) is 2.69. The summed E-state index contributed by atoms with van der Waals surface area (Å²) in [4.78, 5) is 2.28. The van der Waals surface area contributed by atoms with Crippen molar-refractivity contribution < 1.29 is 4.39 Å². The van der Waals surface area contributed by atoms with Gasteiger partial charge in [-0.25, -0.2) is 4.39 Å². The molecule has 1 unspecified atom stereocenters. The molecule has 15 heavy (non-hydrogen) atoms. The molecule has 0 bridgehead atoms. The number of benzene rings is 1. The average molecular weight is 208 g/mol. The van der Waals surface area contributed by atoms with Crippen LogP contribution in [-0.2, 0) is 0 Å². The molecule has 1 aromatic rings. The highest BCUT2D eigenvalue weighted by Gasteiger charge is 2.18. The zero-order chi connectivity index (χ0) is 10.8. The van der Waals surface area contributed by atoms with Gasteiger partial charge in [-0.05, 0) is 50.7 Å². The van der Waals surface area contributed by atoms with Gasteiger partial charge in [-0.1, -0.05) is 0 Å². The Balaban J connectivity index is 2.04. The van der Waals surface area contributed by atoms with Crippen LogP contribution in [0.5, 0.6) is 0 Å². The number of likely N-dealkylation sites (N-methyl/N-ethyl adjacent to an activating group) is 1. The summed E-state index contributed by atoms with van der Waals surface area (Å²) in [7, 11) is 2.11. The molecule has 1 aromatic carbocycles. The predicted octanol–water partition coefficient (Wildman–Crippen LogP) is 2.25. The fourth-order valence-corrected chi connectivity index (χ4v) is 2.11. The minimum atomic E-state index is -0.163. The number of nitrogens with zero attached hydrogens (tertiary/aromatic N) is 1. The fraction of sp³-hybridized carbons (Fsp3) is 0.500.